The van der Waals surface area contributed by atoms with Crippen LogP contribution in [0.1, 0.15) is 25.7 Å². The molecule has 0 radical (unpaired) electrons. The second-order valence-corrected chi connectivity index (χ2v) is 8.51. The van der Waals surface area contributed by atoms with Gasteiger partial charge in [-0.3, -0.25) is 0 Å². The van der Waals surface area contributed by atoms with Crippen LogP contribution in [0.15, 0.2) is 29.2 Å². The maximum absolute atomic E-state index is 13.5. The van der Waals surface area contributed by atoms with E-state index in [2.05, 4.69) is 10.2 Å². The van der Waals surface area contributed by atoms with Gasteiger partial charge in [0.1, 0.15) is 5.82 Å². The van der Waals surface area contributed by atoms with E-state index < -0.39 is 15.8 Å². The topological polar surface area (TPSA) is 52.7 Å². The quantitative estimate of drug-likeness (QED) is 0.806. The molecule has 0 aromatic heterocycles. The summed E-state index contributed by atoms with van der Waals surface area (Å²) in [6, 6.07) is 5.27. The number of halogens is 2. The molecule has 8 heteroatoms. The van der Waals surface area contributed by atoms with Gasteiger partial charge in [-0.25, -0.2) is 12.8 Å². The second-order valence-electron chi connectivity index (χ2n) is 6.62. The van der Waals surface area contributed by atoms with E-state index in [9.17, 15) is 12.8 Å². The van der Waals surface area contributed by atoms with Crippen LogP contribution in [-0.2, 0) is 10.0 Å². The molecule has 3 rings (SSSR count). The molecule has 1 atom stereocenters. The zero-order valence-corrected chi connectivity index (χ0v) is 16.0. The van der Waals surface area contributed by atoms with E-state index in [1.807, 2.05) is 0 Å². The SMILES string of the molecule is Cl.O=S(=O)(c1cccc(F)c1)N(CCN1CCCC1)C1CCCNC1. The number of hydrogen-bond donors (Lipinski definition) is 1. The van der Waals surface area contributed by atoms with Crippen molar-refractivity contribution in [3.8, 4) is 0 Å². The summed E-state index contributed by atoms with van der Waals surface area (Å²) >= 11 is 0. The first kappa shape index (κ1) is 20.6. The van der Waals surface area contributed by atoms with Gasteiger partial charge in [-0.05, 0) is 63.5 Å². The highest BCUT2D eigenvalue weighted by Gasteiger charge is 2.32. The summed E-state index contributed by atoms with van der Waals surface area (Å²) in [7, 11) is -3.69. The first-order valence-electron chi connectivity index (χ1n) is 8.78. The molecule has 2 heterocycles. The number of hydrogen-bond acceptors (Lipinski definition) is 4. The fraction of sp³-hybridized carbons (Fsp3) is 0.647. The molecular weight excluding hydrogens is 365 g/mol. The predicted molar refractivity (Wildman–Crippen MR) is 99.1 cm³/mol. The van der Waals surface area contributed by atoms with Crippen molar-refractivity contribution in [2.75, 3.05) is 39.3 Å². The molecule has 1 N–H and O–H groups in total. The van der Waals surface area contributed by atoms with Crippen molar-refractivity contribution in [1.29, 1.82) is 0 Å². The summed E-state index contributed by atoms with van der Waals surface area (Å²) < 4.78 is 41.3. The molecule has 25 heavy (non-hydrogen) atoms. The van der Waals surface area contributed by atoms with Crippen molar-refractivity contribution in [3.63, 3.8) is 0 Å². The first-order valence-corrected chi connectivity index (χ1v) is 10.2. The Morgan fingerprint density at radius 1 is 1.24 bits per heavy atom. The Kier molecular flexibility index (Phi) is 7.64. The van der Waals surface area contributed by atoms with Crippen LogP contribution in [0.4, 0.5) is 4.39 Å². The number of rotatable bonds is 6. The van der Waals surface area contributed by atoms with Gasteiger partial charge in [0.05, 0.1) is 4.90 Å². The van der Waals surface area contributed by atoms with Crippen molar-refractivity contribution in [2.24, 2.45) is 0 Å². The van der Waals surface area contributed by atoms with Gasteiger partial charge >= 0.3 is 0 Å². The van der Waals surface area contributed by atoms with Gasteiger partial charge in [0, 0.05) is 25.7 Å². The Hall–Kier alpha value is -0.730. The maximum Gasteiger partial charge on any atom is 0.243 e. The minimum Gasteiger partial charge on any atom is -0.315 e. The third-order valence-electron chi connectivity index (χ3n) is 4.92. The summed E-state index contributed by atoms with van der Waals surface area (Å²) in [6.45, 7) is 4.87. The van der Waals surface area contributed by atoms with Crippen LogP contribution in [0.2, 0.25) is 0 Å². The number of likely N-dealkylation sites (tertiary alicyclic amines) is 1. The van der Waals surface area contributed by atoms with Crippen molar-refractivity contribution < 1.29 is 12.8 Å². The van der Waals surface area contributed by atoms with E-state index in [0.717, 1.165) is 45.1 Å². The number of nitrogens with one attached hydrogen (secondary N) is 1. The molecule has 1 unspecified atom stereocenters. The highest BCUT2D eigenvalue weighted by atomic mass is 35.5. The number of piperidine rings is 1. The lowest BCUT2D eigenvalue weighted by molar-refractivity contribution is 0.231. The highest BCUT2D eigenvalue weighted by molar-refractivity contribution is 7.89. The van der Waals surface area contributed by atoms with Crippen LogP contribution in [-0.4, -0.2) is 62.9 Å². The molecule has 1 aromatic rings. The third kappa shape index (κ3) is 5.14. The highest BCUT2D eigenvalue weighted by Crippen LogP contribution is 2.22. The van der Waals surface area contributed by atoms with Gasteiger partial charge in [0.25, 0.3) is 0 Å². The Labute approximate surface area is 156 Å². The first-order chi connectivity index (χ1) is 11.6. The molecule has 0 amide bonds. The standard InChI is InChI=1S/C17H26FN3O2S.ClH/c18-15-5-3-7-17(13-15)24(22,23)21(16-6-4-8-19-14-16)12-11-20-9-1-2-10-20;/h3,5,7,13,16,19H,1-2,4,6,8-12,14H2;1H. The zero-order chi connectivity index (χ0) is 17.0. The van der Waals surface area contributed by atoms with Crippen molar-refractivity contribution in [3.05, 3.63) is 30.1 Å². The van der Waals surface area contributed by atoms with Crippen LogP contribution in [0.3, 0.4) is 0 Å². The largest absolute Gasteiger partial charge is 0.315 e. The fourth-order valence-electron chi connectivity index (χ4n) is 3.59. The molecule has 2 aliphatic heterocycles. The smallest absolute Gasteiger partial charge is 0.243 e. The van der Waals surface area contributed by atoms with E-state index >= 15 is 0 Å². The minimum atomic E-state index is -3.69. The molecule has 0 saturated carbocycles. The number of benzene rings is 1. The van der Waals surface area contributed by atoms with E-state index in [1.54, 1.807) is 4.31 Å². The van der Waals surface area contributed by atoms with Crippen LogP contribution in [0, 0.1) is 5.82 Å². The van der Waals surface area contributed by atoms with Crippen LogP contribution >= 0.6 is 12.4 Å². The fourth-order valence-corrected chi connectivity index (χ4v) is 5.26. The van der Waals surface area contributed by atoms with Gasteiger partial charge in [-0.15, -0.1) is 12.4 Å². The lowest BCUT2D eigenvalue weighted by Gasteiger charge is -2.34. The van der Waals surface area contributed by atoms with Crippen LogP contribution in [0.25, 0.3) is 0 Å². The molecule has 2 saturated heterocycles. The Balaban J connectivity index is 0.00000225. The van der Waals surface area contributed by atoms with Crippen LogP contribution in [0.5, 0.6) is 0 Å². The summed E-state index contributed by atoms with van der Waals surface area (Å²) in [4.78, 5) is 2.36. The molecule has 1 aromatic carbocycles. The van der Waals surface area contributed by atoms with Gasteiger partial charge in [-0.1, -0.05) is 6.07 Å². The predicted octanol–water partition coefficient (Wildman–Crippen LogP) is 2.09. The van der Waals surface area contributed by atoms with Crippen molar-refractivity contribution >= 4 is 22.4 Å². The lowest BCUT2D eigenvalue weighted by atomic mass is 10.1. The number of sulfonamides is 1. The molecule has 2 fully saturated rings. The number of nitrogens with zero attached hydrogens (tertiary/aromatic N) is 2. The van der Waals surface area contributed by atoms with Crippen LogP contribution < -0.4 is 5.32 Å². The summed E-state index contributed by atoms with van der Waals surface area (Å²) in [6.07, 6.45) is 4.17. The maximum atomic E-state index is 13.5. The van der Waals surface area contributed by atoms with Crippen molar-refractivity contribution in [1.82, 2.24) is 14.5 Å². The normalized spacial score (nSPS) is 22.1. The summed E-state index contributed by atoms with van der Waals surface area (Å²) in [5, 5.41) is 3.28. The molecule has 0 bridgehead atoms. The average molecular weight is 392 g/mol. The Morgan fingerprint density at radius 2 is 2.00 bits per heavy atom. The Morgan fingerprint density at radius 3 is 2.64 bits per heavy atom. The van der Waals surface area contributed by atoms with Gasteiger partial charge < -0.3 is 10.2 Å². The summed E-state index contributed by atoms with van der Waals surface area (Å²) in [5.74, 6) is -0.516. The summed E-state index contributed by atoms with van der Waals surface area (Å²) in [5.41, 5.74) is 0. The van der Waals surface area contributed by atoms with Gasteiger partial charge in [0.15, 0.2) is 0 Å². The monoisotopic (exact) mass is 391 g/mol. The van der Waals surface area contributed by atoms with E-state index in [0.29, 0.717) is 13.1 Å². The van der Waals surface area contributed by atoms with Gasteiger partial charge in [-0.2, -0.15) is 4.31 Å². The third-order valence-corrected chi connectivity index (χ3v) is 6.86. The molecule has 2 aliphatic rings. The minimum absolute atomic E-state index is 0. The van der Waals surface area contributed by atoms with E-state index in [4.69, 9.17) is 0 Å². The van der Waals surface area contributed by atoms with Gasteiger partial charge in [0.2, 0.25) is 10.0 Å². The molecule has 0 spiro atoms. The second kappa shape index (κ2) is 9.28. The molecule has 0 aliphatic carbocycles. The molecule has 5 nitrogen and oxygen atoms in total. The Bertz CT molecular complexity index is 647. The van der Waals surface area contributed by atoms with E-state index in [1.165, 1.54) is 31.0 Å². The van der Waals surface area contributed by atoms with E-state index in [-0.39, 0.29) is 23.3 Å². The molecular formula is C17H27ClFN3O2S. The average Bonchev–Trinajstić information content (AvgIpc) is 3.09. The zero-order valence-electron chi connectivity index (χ0n) is 14.4. The van der Waals surface area contributed by atoms with Crippen molar-refractivity contribution in [2.45, 2.75) is 36.6 Å². The lowest BCUT2D eigenvalue weighted by Crippen LogP contribution is -2.50. The molecule has 142 valence electrons.